The van der Waals surface area contributed by atoms with Crippen molar-refractivity contribution in [3.05, 3.63) is 48.1 Å². The van der Waals surface area contributed by atoms with Crippen molar-refractivity contribution in [3.63, 3.8) is 0 Å². The summed E-state index contributed by atoms with van der Waals surface area (Å²) in [6.07, 6.45) is 12.0. The number of carbonyl (C=O) groups excluding carboxylic acids is 2. The van der Waals surface area contributed by atoms with E-state index in [9.17, 15) is 9.59 Å². The molecule has 0 radical (unpaired) electrons. The van der Waals surface area contributed by atoms with Crippen molar-refractivity contribution >= 4 is 18.0 Å². The summed E-state index contributed by atoms with van der Waals surface area (Å²) in [4.78, 5) is 22.4. The maximum atomic E-state index is 11.3. The average Bonchev–Trinajstić information content (AvgIpc) is 2.75. The minimum Gasteiger partial charge on any atom is -0.490 e. The van der Waals surface area contributed by atoms with Crippen molar-refractivity contribution < 1.29 is 23.8 Å². The van der Waals surface area contributed by atoms with Gasteiger partial charge in [0, 0.05) is 11.6 Å². The van der Waals surface area contributed by atoms with Crippen LogP contribution in [-0.2, 0) is 19.1 Å². The molecule has 1 unspecified atom stereocenters. The van der Waals surface area contributed by atoms with E-state index in [1.54, 1.807) is 13.0 Å². The van der Waals surface area contributed by atoms with Gasteiger partial charge in [0.15, 0.2) is 0 Å². The Bertz CT molecular complexity index is 675. The lowest BCUT2D eigenvalue weighted by molar-refractivity contribution is -0.139. The predicted octanol–water partition coefficient (Wildman–Crippen LogP) is 5.88. The first-order chi connectivity index (χ1) is 14.5. The van der Waals surface area contributed by atoms with Gasteiger partial charge in [0.25, 0.3) is 0 Å². The van der Waals surface area contributed by atoms with E-state index in [4.69, 9.17) is 9.47 Å². The van der Waals surface area contributed by atoms with E-state index in [2.05, 4.69) is 18.2 Å². The molecule has 0 aliphatic carbocycles. The van der Waals surface area contributed by atoms with Crippen molar-refractivity contribution in [2.75, 3.05) is 13.7 Å². The second kappa shape index (κ2) is 15.3. The van der Waals surface area contributed by atoms with E-state index in [-0.39, 0.29) is 18.0 Å². The van der Waals surface area contributed by atoms with Crippen LogP contribution in [0.4, 0.5) is 0 Å². The number of methoxy groups -OCH3 is 1. The SMILES string of the molecule is C=C(C)C(=O)OCCCCCCCCC(CC)Oc1ccc(C=CC(=O)OC)cc1. The van der Waals surface area contributed by atoms with E-state index in [0.717, 1.165) is 49.8 Å². The smallest absolute Gasteiger partial charge is 0.333 e. The van der Waals surface area contributed by atoms with Crippen LogP contribution >= 0.6 is 0 Å². The van der Waals surface area contributed by atoms with E-state index >= 15 is 0 Å². The quantitative estimate of drug-likeness (QED) is 0.203. The van der Waals surface area contributed by atoms with Gasteiger partial charge in [0.05, 0.1) is 19.8 Å². The van der Waals surface area contributed by atoms with Crippen molar-refractivity contribution in [2.45, 2.75) is 71.3 Å². The normalized spacial score (nSPS) is 11.8. The number of hydrogen-bond acceptors (Lipinski definition) is 5. The van der Waals surface area contributed by atoms with Gasteiger partial charge in [-0.1, -0.05) is 51.3 Å². The lowest BCUT2D eigenvalue weighted by Crippen LogP contribution is -2.15. The van der Waals surface area contributed by atoms with Crippen LogP contribution in [0, 0.1) is 0 Å². The molecule has 0 aliphatic rings. The van der Waals surface area contributed by atoms with Crippen LogP contribution in [0.5, 0.6) is 5.75 Å². The topological polar surface area (TPSA) is 61.8 Å². The standard InChI is InChI=1S/C25H36O5/c1-5-22(12-10-8-6-7-9-11-19-29-25(27)20(2)3)30-23-16-13-21(14-17-23)15-18-24(26)28-4/h13-18,22H,2,5-12,19H2,1,3-4H3. The molecule has 1 aromatic carbocycles. The second-order valence-electron chi connectivity index (χ2n) is 7.40. The fraction of sp³-hybridized carbons (Fsp3) is 0.520. The van der Waals surface area contributed by atoms with Crippen molar-refractivity contribution in [1.82, 2.24) is 0 Å². The van der Waals surface area contributed by atoms with Gasteiger partial charge in [0.2, 0.25) is 0 Å². The molecule has 0 bridgehead atoms. The van der Waals surface area contributed by atoms with Crippen LogP contribution in [-0.4, -0.2) is 31.8 Å². The molecule has 5 heteroatoms. The molecule has 0 saturated carbocycles. The zero-order valence-corrected chi connectivity index (χ0v) is 18.7. The highest BCUT2D eigenvalue weighted by molar-refractivity contribution is 5.87. The summed E-state index contributed by atoms with van der Waals surface area (Å²) >= 11 is 0. The lowest BCUT2D eigenvalue weighted by atomic mass is 10.1. The summed E-state index contributed by atoms with van der Waals surface area (Å²) in [7, 11) is 1.36. The fourth-order valence-electron chi connectivity index (χ4n) is 2.90. The fourth-order valence-corrected chi connectivity index (χ4v) is 2.90. The van der Waals surface area contributed by atoms with Crippen LogP contribution in [0.25, 0.3) is 6.08 Å². The van der Waals surface area contributed by atoms with Crippen molar-refractivity contribution in [3.8, 4) is 5.75 Å². The maximum Gasteiger partial charge on any atom is 0.333 e. The van der Waals surface area contributed by atoms with Gasteiger partial charge in [-0.2, -0.15) is 0 Å². The number of esters is 2. The van der Waals surface area contributed by atoms with E-state index in [1.807, 2.05) is 24.3 Å². The Kier molecular flexibility index (Phi) is 13.0. The van der Waals surface area contributed by atoms with Gasteiger partial charge < -0.3 is 14.2 Å². The molecular weight excluding hydrogens is 380 g/mol. The first-order valence-electron chi connectivity index (χ1n) is 10.8. The highest BCUT2D eigenvalue weighted by Gasteiger charge is 2.08. The van der Waals surface area contributed by atoms with Crippen LogP contribution < -0.4 is 4.74 Å². The Labute approximate surface area is 181 Å². The van der Waals surface area contributed by atoms with E-state index in [0.29, 0.717) is 12.2 Å². The molecule has 1 rings (SSSR count). The molecule has 0 heterocycles. The number of hydrogen-bond donors (Lipinski definition) is 0. The monoisotopic (exact) mass is 416 g/mol. The van der Waals surface area contributed by atoms with Crippen LogP contribution in [0.1, 0.15) is 70.8 Å². The Hall–Kier alpha value is -2.56. The maximum absolute atomic E-state index is 11.3. The first-order valence-corrected chi connectivity index (χ1v) is 10.8. The third-order valence-corrected chi connectivity index (χ3v) is 4.75. The zero-order chi connectivity index (χ0) is 22.2. The summed E-state index contributed by atoms with van der Waals surface area (Å²) in [5.74, 6) is 0.182. The van der Waals surface area contributed by atoms with Crippen LogP contribution in [0.15, 0.2) is 42.5 Å². The predicted molar refractivity (Wildman–Crippen MR) is 120 cm³/mol. The molecule has 30 heavy (non-hydrogen) atoms. The number of unbranched alkanes of at least 4 members (excludes halogenated alkanes) is 5. The molecule has 0 spiro atoms. The van der Waals surface area contributed by atoms with Gasteiger partial charge >= 0.3 is 11.9 Å². The average molecular weight is 417 g/mol. The van der Waals surface area contributed by atoms with E-state index in [1.165, 1.54) is 26.0 Å². The number of ether oxygens (including phenoxy) is 3. The molecule has 0 aromatic heterocycles. The second-order valence-corrected chi connectivity index (χ2v) is 7.40. The van der Waals surface area contributed by atoms with Crippen LogP contribution in [0.3, 0.4) is 0 Å². The molecule has 0 aliphatic heterocycles. The molecule has 0 amide bonds. The van der Waals surface area contributed by atoms with E-state index < -0.39 is 0 Å². The summed E-state index contributed by atoms with van der Waals surface area (Å²) in [6.45, 7) is 7.85. The van der Waals surface area contributed by atoms with Gasteiger partial charge in [-0.05, 0) is 56.4 Å². The molecule has 166 valence electrons. The highest BCUT2D eigenvalue weighted by Crippen LogP contribution is 2.19. The Morgan fingerprint density at radius 2 is 1.67 bits per heavy atom. The molecule has 0 saturated heterocycles. The molecule has 1 aromatic rings. The molecule has 1 atom stereocenters. The van der Waals surface area contributed by atoms with Gasteiger partial charge in [0.1, 0.15) is 5.75 Å². The van der Waals surface area contributed by atoms with Crippen LogP contribution in [0.2, 0.25) is 0 Å². The Balaban J connectivity index is 2.18. The summed E-state index contributed by atoms with van der Waals surface area (Å²) < 4.78 is 15.8. The lowest BCUT2D eigenvalue weighted by Gasteiger charge is -2.17. The zero-order valence-electron chi connectivity index (χ0n) is 18.7. The highest BCUT2D eigenvalue weighted by atomic mass is 16.5. The largest absolute Gasteiger partial charge is 0.490 e. The molecular formula is C25H36O5. The van der Waals surface area contributed by atoms with Gasteiger partial charge in [-0.25, -0.2) is 9.59 Å². The minimum atomic E-state index is -0.368. The molecule has 0 fully saturated rings. The number of carbonyl (C=O) groups is 2. The summed E-state index contributed by atoms with van der Waals surface area (Å²) in [5.41, 5.74) is 1.38. The van der Waals surface area contributed by atoms with Gasteiger partial charge in [-0.15, -0.1) is 0 Å². The van der Waals surface area contributed by atoms with Gasteiger partial charge in [-0.3, -0.25) is 0 Å². The molecule has 5 nitrogen and oxygen atoms in total. The van der Waals surface area contributed by atoms with Crippen molar-refractivity contribution in [2.24, 2.45) is 0 Å². The van der Waals surface area contributed by atoms with Crippen molar-refractivity contribution in [1.29, 1.82) is 0 Å². The number of rotatable bonds is 15. The molecule has 0 N–H and O–H groups in total. The third kappa shape index (κ3) is 11.4. The third-order valence-electron chi connectivity index (χ3n) is 4.75. The Morgan fingerprint density at radius 1 is 1.03 bits per heavy atom. The summed E-state index contributed by atoms with van der Waals surface area (Å²) in [5, 5.41) is 0. The number of benzene rings is 1. The summed E-state index contributed by atoms with van der Waals surface area (Å²) in [6, 6.07) is 7.71. The first kappa shape index (κ1) is 25.5. The Morgan fingerprint density at radius 3 is 2.27 bits per heavy atom. The minimum absolute atomic E-state index is 0.211.